The minimum absolute atomic E-state index is 0.0106. The highest BCUT2D eigenvalue weighted by Crippen LogP contribution is 2.38. The third-order valence-corrected chi connectivity index (χ3v) is 4.56. The molecule has 0 aromatic heterocycles. The summed E-state index contributed by atoms with van der Waals surface area (Å²) >= 11 is 3.53. The van der Waals surface area contributed by atoms with E-state index in [1.165, 1.54) is 5.56 Å². The Bertz CT molecular complexity index is 584. The summed E-state index contributed by atoms with van der Waals surface area (Å²) in [5.74, 6) is 0. The van der Waals surface area contributed by atoms with Gasteiger partial charge in [-0.15, -0.1) is 0 Å². The summed E-state index contributed by atoms with van der Waals surface area (Å²) in [6.45, 7) is 1.87. The quantitative estimate of drug-likeness (QED) is 0.885. The van der Waals surface area contributed by atoms with Crippen LogP contribution in [-0.2, 0) is 12.0 Å². The molecule has 0 saturated heterocycles. The molecule has 2 atom stereocenters. The average Bonchev–Trinajstić information content (AvgIpc) is 2.83. The van der Waals surface area contributed by atoms with Gasteiger partial charge in [0, 0.05) is 10.2 Å². The number of anilines is 1. The number of aliphatic hydroxyl groups is 1. The van der Waals surface area contributed by atoms with E-state index in [1.54, 1.807) is 0 Å². The molecule has 0 bridgehead atoms. The summed E-state index contributed by atoms with van der Waals surface area (Å²) in [6, 6.07) is 16.1. The predicted octanol–water partition coefficient (Wildman–Crippen LogP) is 3.69. The summed E-state index contributed by atoms with van der Waals surface area (Å²) in [7, 11) is 0. The molecule has 19 heavy (non-hydrogen) atoms. The third-order valence-electron chi connectivity index (χ3n) is 3.87. The molecule has 0 saturated carbocycles. The summed E-state index contributed by atoms with van der Waals surface area (Å²) in [5.41, 5.74) is 2.39. The van der Waals surface area contributed by atoms with Crippen molar-refractivity contribution in [3.8, 4) is 0 Å². The Hall–Kier alpha value is -1.32. The Morgan fingerprint density at radius 3 is 2.58 bits per heavy atom. The fourth-order valence-corrected chi connectivity index (χ4v) is 3.38. The third kappa shape index (κ3) is 2.17. The van der Waals surface area contributed by atoms with Gasteiger partial charge in [0.25, 0.3) is 0 Å². The van der Waals surface area contributed by atoms with Crippen LogP contribution in [0.3, 0.4) is 0 Å². The Morgan fingerprint density at radius 1 is 1.16 bits per heavy atom. The van der Waals surface area contributed by atoms with Gasteiger partial charge in [0.2, 0.25) is 0 Å². The van der Waals surface area contributed by atoms with E-state index in [1.807, 2.05) is 43.3 Å². The van der Waals surface area contributed by atoms with Gasteiger partial charge in [-0.25, -0.2) is 0 Å². The van der Waals surface area contributed by atoms with Gasteiger partial charge in [0.15, 0.2) is 0 Å². The highest BCUT2D eigenvalue weighted by Gasteiger charge is 2.38. The molecular weight excluding hydrogens is 302 g/mol. The monoisotopic (exact) mass is 317 g/mol. The highest BCUT2D eigenvalue weighted by molar-refractivity contribution is 9.10. The number of para-hydroxylation sites is 1. The molecule has 1 heterocycles. The first-order chi connectivity index (χ1) is 9.09. The topological polar surface area (TPSA) is 32.3 Å². The van der Waals surface area contributed by atoms with Crippen LogP contribution in [0, 0.1) is 0 Å². The lowest BCUT2D eigenvalue weighted by atomic mass is 9.86. The van der Waals surface area contributed by atoms with E-state index in [4.69, 9.17) is 0 Å². The van der Waals surface area contributed by atoms with E-state index >= 15 is 0 Å². The number of fused-ring (bicyclic) bond motifs is 1. The van der Waals surface area contributed by atoms with Crippen LogP contribution >= 0.6 is 15.9 Å². The van der Waals surface area contributed by atoms with Crippen LogP contribution in [-0.4, -0.2) is 11.1 Å². The van der Waals surface area contributed by atoms with Crippen molar-refractivity contribution in [1.82, 2.24) is 0 Å². The lowest BCUT2D eigenvalue weighted by molar-refractivity contribution is 0.0374. The lowest BCUT2D eigenvalue weighted by Crippen LogP contribution is -2.41. The number of rotatable bonds is 2. The van der Waals surface area contributed by atoms with E-state index in [-0.39, 0.29) is 6.04 Å². The molecule has 0 aliphatic carbocycles. The van der Waals surface area contributed by atoms with Crippen molar-refractivity contribution in [3.05, 3.63) is 64.1 Å². The largest absolute Gasteiger partial charge is 0.383 e. The first-order valence-corrected chi connectivity index (χ1v) is 7.20. The van der Waals surface area contributed by atoms with Gasteiger partial charge in [-0.2, -0.15) is 0 Å². The predicted molar refractivity (Wildman–Crippen MR) is 81.3 cm³/mol. The van der Waals surface area contributed by atoms with Gasteiger partial charge in [-0.1, -0.05) is 52.3 Å². The van der Waals surface area contributed by atoms with Gasteiger partial charge in [0.1, 0.15) is 5.60 Å². The first-order valence-electron chi connectivity index (χ1n) is 6.41. The number of hydrogen-bond acceptors (Lipinski definition) is 2. The van der Waals surface area contributed by atoms with Crippen LogP contribution < -0.4 is 5.32 Å². The van der Waals surface area contributed by atoms with Gasteiger partial charge >= 0.3 is 0 Å². The normalized spacial score (nSPS) is 20.5. The van der Waals surface area contributed by atoms with Crippen molar-refractivity contribution < 1.29 is 5.11 Å². The SMILES string of the molecule is CC(O)(c1ccccc1Br)C1Cc2ccccc2N1. The summed E-state index contributed by atoms with van der Waals surface area (Å²) < 4.78 is 0.942. The van der Waals surface area contributed by atoms with Crippen LogP contribution in [0.4, 0.5) is 5.69 Å². The van der Waals surface area contributed by atoms with E-state index in [9.17, 15) is 5.11 Å². The van der Waals surface area contributed by atoms with Crippen molar-refractivity contribution in [2.75, 3.05) is 5.32 Å². The zero-order chi connectivity index (χ0) is 13.5. The zero-order valence-electron chi connectivity index (χ0n) is 10.7. The second kappa shape index (κ2) is 4.66. The molecule has 2 nitrogen and oxygen atoms in total. The number of hydrogen-bond donors (Lipinski definition) is 2. The Morgan fingerprint density at radius 2 is 1.84 bits per heavy atom. The summed E-state index contributed by atoms with van der Waals surface area (Å²) in [4.78, 5) is 0. The molecule has 2 aromatic rings. The van der Waals surface area contributed by atoms with Gasteiger partial charge in [-0.05, 0) is 36.6 Å². The molecule has 1 aliphatic rings. The summed E-state index contributed by atoms with van der Waals surface area (Å²) in [5, 5.41) is 14.4. The maximum Gasteiger partial charge on any atom is 0.108 e. The van der Waals surface area contributed by atoms with E-state index in [0.29, 0.717) is 0 Å². The van der Waals surface area contributed by atoms with Gasteiger partial charge in [-0.3, -0.25) is 0 Å². The minimum atomic E-state index is -0.918. The fraction of sp³-hybridized carbons (Fsp3) is 0.250. The lowest BCUT2D eigenvalue weighted by Gasteiger charge is -2.32. The molecule has 2 aromatic carbocycles. The van der Waals surface area contributed by atoms with Gasteiger partial charge in [0.05, 0.1) is 6.04 Å². The first kappa shape index (κ1) is 12.7. The number of halogens is 1. The molecule has 0 spiro atoms. The molecule has 1 aliphatic heterocycles. The number of nitrogens with one attached hydrogen (secondary N) is 1. The molecule has 3 rings (SSSR count). The zero-order valence-corrected chi connectivity index (χ0v) is 12.3. The maximum atomic E-state index is 10.9. The van der Waals surface area contributed by atoms with Crippen molar-refractivity contribution in [2.24, 2.45) is 0 Å². The van der Waals surface area contributed by atoms with Crippen molar-refractivity contribution in [1.29, 1.82) is 0 Å². The molecule has 98 valence electrons. The van der Waals surface area contributed by atoms with Crippen LogP contribution in [0.25, 0.3) is 0 Å². The summed E-state index contributed by atoms with van der Waals surface area (Å²) in [6.07, 6.45) is 0.838. The Balaban J connectivity index is 1.94. The van der Waals surface area contributed by atoms with Crippen molar-refractivity contribution >= 4 is 21.6 Å². The molecule has 0 amide bonds. The smallest absolute Gasteiger partial charge is 0.108 e. The average molecular weight is 318 g/mol. The van der Waals surface area contributed by atoms with E-state index in [0.717, 1.165) is 22.1 Å². The van der Waals surface area contributed by atoms with Crippen LogP contribution in [0.1, 0.15) is 18.1 Å². The van der Waals surface area contributed by atoms with Crippen LogP contribution in [0.2, 0.25) is 0 Å². The molecule has 0 radical (unpaired) electrons. The Kier molecular flexibility index (Phi) is 3.11. The second-order valence-electron chi connectivity index (χ2n) is 5.19. The molecule has 2 N–H and O–H groups in total. The molecule has 2 unspecified atom stereocenters. The van der Waals surface area contributed by atoms with Crippen LogP contribution in [0.5, 0.6) is 0 Å². The van der Waals surface area contributed by atoms with Crippen LogP contribution in [0.15, 0.2) is 53.0 Å². The van der Waals surface area contributed by atoms with Gasteiger partial charge < -0.3 is 10.4 Å². The van der Waals surface area contributed by atoms with E-state index < -0.39 is 5.60 Å². The second-order valence-corrected chi connectivity index (χ2v) is 6.04. The highest BCUT2D eigenvalue weighted by atomic mass is 79.9. The van der Waals surface area contributed by atoms with E-state index in [2.05, 4.69) is 33.4 Å². The number of benzene rings is 2. The maximum absolute atomic E-state index is 10.9. The standard InChI is InChI=1S/C16H16BrNO/c1-16(19,12-7-3-4-8-13(12)17)15-10-11-6-2-5-9-14(11)18-15/h2-9,15,18-19H,10H2,1H3. The minimum Gasteiger partial charge on any atom is -0.383 e. The Labute approximate surface area is 121 Å². The molecular formula is C16H16BrNO. The fourth-order valence-electron chi connectivity index (χ4n) is 2.70. The molecule has 0 fully saturated rings. The van der Waals surface area contributed by atoms with Crippen molar-refractivity contribution in [3.63, 3.8) is 0 Å². The van der Waals surface area contributed by atoms with Crippen molar-refractivity contribution in [2.45, 2.75) is 25.0 Å². The molecule has 3 heteroatoms.